The number of aliphatic hydroxyl groups is 3. The minimum Gasteiger partial charge on any atom is -0.465 e. The average Bonchev–Trinajstić information content (AvgIpc) is 0.855. The van der Waals surface area contributed by atoms with Crippen molar-refractivity contribution < 1.29 is 187 Å². The Morgan fingerprint density at radius 2 is 0.603 bits per heavy atom. The summed E-state index contributed by atoms with van der Waals surface area (Å²) < 4.78 is 99.4. The Hall–Kier alpha value is -10.4. The van der Waals surface area contributed by atoms with Gasteiger partial charge in [0.25, 0.3) is 0 Å². The van der Waals surface area contributed by atoms with Crippen LogP contribution in [-0.2, 0) is 138 Å². The Morgan fingerprint density at radius 1 is 0.345 bits per heavy atom. The maximum Gasteiger partial charge on any atom is 0.508 e. The number of carbonyl (C=O) groups is 14. The van der Waals surface area contributed by atoms with Crippen LogP contribution in [0.1, 0.15) is 142 Å². The van der Waals surface area contributed by atoms with E-state index in [1.807, 2.05) is 0 Å². The van der Waals surface area contributed by atoms with Gasteiger partial charge in [-0.15, -0.1) is 0 Å². The summed E-state index contributed by atoms with van der Waals surface area (Å²) in [5.74, 6) is -8.61. The van der Waals surface area contributed by atoms with Crippen molar-refractivity contribution in [3.8, 4) is 0 Å². The topological polar surface area (TPSA) is 653 Å². The van der Waals surface area contributed by atoms with Gasteiger partial charge in [0.05, 0.1) is 52.7 Å². The van der Waals surface area contributed by atoms with Gasteiger partial charge in [0.1, 0.15) is 105 Å². The standard InChI is InChI=1S/C30H51N3O15.2C20H35N3O11/c1-19(34)21(35)46-20(2)22(36)44-17-30(9,18-45-27(40)43-16-15-41-10)23(37)42-14-12-11-13-31-24(32-25(38)47-28(3,4)5)33-26(39)48-29(6,7)8;2*1-13(24)15(25)34-14(2)16(26)32-11-20(3,12-33-19(28)31-10-9-29-4)17(27)30-8-6-5-7-23-18(21)22/h19-20,34H,11-18H2,1-10H3,(H2,31,32,33,38,39);2*13-14,24H,5-12H2,1-4H3,(H4,21,22,23)/p+2/t19-,20-,30?;2*13-,14-,20?/m110/s1. The van der Waals surface area contributed by atoms with Crippen LogP contribution in [-0.4, -0.2) is 305 Å². The number of methoxy groups -OCH3 is 3. The number of aliphatic hydroxyl groups excluding tert-OH is 3. The number of hydrogen-bond acceptors (Lipinski definition) is 38. The SMILES string of the molecule is COCCOC(=O)OCC(C)(COC(=O)[C@@H](C)OC(=O)[C@@H](C)O)C(=O)OCCCCN=C(NC(=O)OC(C)(C)C)NC(=O)OC(C)(C)C.COCCOC(=O)OCC(C)(COC(=O)[C@@H](C)OC(=O)[C@@H](C)O)C(=O)OCCCC[NH+]=C(N)N.COCCOC(=O)OCC(C)(COC(=O)[C@H](C)OC(=O)[C@H](C)O)C(=O)OCCCC[NH+]=C(N)N. The Balaban J connectivity index is -0.00000169. The second-order valence-corrected chi connectivity index (χ2v) is 27.7. The normalized spacial score (nSPS) is 13.9. The fraction of sp³-hybridized carbons (Fsp3) is 0.757. The van der Waals surface area contributed by atoms with Gasteiger partial charge in [0, 0.05) is 27.9 Å². The Bertz CT molecular complexity index is 2980. The Labute approximate surface area is 672 Å². The second kappa shape index (κ2) is 59.3. The van der Waals surface area contributed by atoms with Gasteiger partial charge in [-0.1, -0.05) is 0 Å². The fourth-order valence-electron chi connectivity index (χ4n) is 7.14. The largest absolute Gasteiger partial charge is 0.508 e. The summed E-state index contributed by atoms with van der Waals surface area (Å²) in [4.78, 5) is 179. The number of nitrogens with two attached hydrogens (primary N) is 4. The second-order valence-electron chi connectivity index (χ2n) is 27.7. The zero-order chi connectivity index (χ0) is 89.4. The molecule has 15 N–H and O–H groups in total. The van der Waals surface area contributed by atoms with Crippen LogP contribution in [0.4, 0.5) is 24.0 Å². The van der Waals surface area contributed by atoms with Crippen LogP contribution in [0, 0.1) is 16.2 Å². The first kappa shape index (κ1) is 110. The third kappa shape index (κ3) is 55.9. The molecule has 46 nitrogen and oxygen atoms in total. The molecule has 0 aliphatic carbocycles. The molecule has 116 heavy (non-hydrogen) atoms. The quantitative estimate of drug-likeness (QED) is 0.00952. The highest BCUT2D eigenvalue weighted by molar-refractivity contribution is 6.01. The van der Waals surface area contributed by atoms with Crippen molar-refractivity contribution >= 4 is 102 Å². The van der Waals surface area contributed by atoms with Crippen LogP contribution >= 0.6 is 0 Å². The van der Waals surface area contributed by atoms with Crippen molar-refractivity contribution in [3.05, 3.63) is 0 Å². The van der Waals surface area contributed by atoms with E-state index >= 15 is 0 Å². The number of nitrogens with zero attached hydrogens (tertiary/aromatic N) is 1. The van der Waals surface area contributed by atoms with Gasteiger partial charge in [-0.2, -0.15) is 0 Å². The van der Waals surface area contributed by atoms with Gasteiger partial charge in [0.15, 0.2) is 18.3 Å². The molecule has 46 heteroatoms. The number of amides is 2. The summed E-state index contributed by atoms with van der Waals surface area (Å²) in [7, 11) is 4.26. The molecule has 0 aromatic carbocycles. The maximum absolute atomic E-state index is 13.1. The molecule has 0 aliphatic heterocycles. The molecule has 0 fully saturated rings. The van der Waals surface area contributed by atoms with E-state index in [1.54, 1.807) is 41.5 Å². The highest BCUT2D eigenvalue weighted by Gasteiger charge is 2.43. The van der Waals surface area contributed by atoms with E-state index in [1.165, 1.54) is 76.7 Å². The molecular weight excluding hydrogens is 1560 g/mol. The van der Waals surface area contributed by atoms with Crippen LogP contribution in [0.15, 0.2) is 4.99 Å². The van der Waals surface area contributed by atoms with Crippen molar-refractivity contribution in [2.45, 2.75) is 190 Å². The number of hydrogen-bond donors (Lipinski definition) is 11. The average molecular weight is 1680 g/mol. The van der Waals surface area contributed by atoms with E-state index in [0.29, 0.717) is 45.2 Å². The molecular formula is C70H123N9O37+2. The molecule has 3 unspecified atom stereocenters. The first-order chi connectivity index (χ1) is 53.9. The minimum atomic E-state index is -1.70. The van der Waals surface area contributed by atoms with Crippen LogP contribution in [0.5, 0.6) is 0 Å². The van der Waals surface area contributed by atoms with E-state index in [9.17, 15) is 82.4 Å². The van der Waals surface area contributed by atoms with Crippen molar-refractivity contribution in [3.63, 3.8) is 0 Å². The van der Waals surface area contributed by atoms with Crippen molar-refractivity contribution in [2.24, 2.45) is 44.2 Å². The minimum absolute atomic E-state index is 0.0369. The lowest BCUT2D eigenvalue weighted by atomic mass is 9.93. The van der Waals surface area contributed by atoms with E-state index < -0.39 is 188 Å². The number of alkyl carbamates (subject to hydrolysis) is 2. The zero-order valence-corrected chi connectivity index (χ0v) is 69.4. The molecule has 0 saturated heterocycles. The fourth-order valence-corrected chi connectivity index (χ4v) is 7.14. The number of esters is 9. The first-order valence-corrected chi connectivity index (χ1v) is 36.2. The molecule has 9 atom stereocenters. The molecule has 0 spiro atoms. The third-order valence-corrected chi connectivity index (χ3v) is 13.6. The predicted octanol–water partition coefficient (Wildman–Crippen LogP) is -2.97. The number of rotatable bonds is 48. The molecule has 0 rings (SSSR count). The van der Waals surface area contributed by atoms with Crippen LogP contribution in [0.3, 0.4) is 0 Å². The molecule has 0 aromatic heterocycles. The summed E-state index contributed by atoms with van der Waals surface area (Å²) >= 11 is 0. The molecule has 0 heterocycles. The maximum atomic E-state index is 13.1. The van der Waals surface area contributed by atoms with Crippen LogP contribution in [0.25, 0.3) is 0 Å². The van der Waals surface area contributed by atoms with Crippen molar-refractivity contribution in [1.29, 1.82) is 0 Å². The van der Waals surface area contributed by atoms with Crippen LogP contribution in [0.2, 0.25) is 0 Å². The van der Waals surface area contributed by atoms with Crippen molar-refractivity contribution in [2.75, 3.05) is 140 Å². The highest BCUT2D eigenvalue weighted by Crippen LogP contribution is 2.25. The van der Waals surface area contributed by atoms with Gasteiger partial charge in [-0.25, -0.2) is 52.7 Å². The zero-order valence-electron chi connectivity index (χ0n) is 69.4. The number of unbranched alkanes of at least 4 members (excludes halogenated alkanes) is 3. The van der Waals surface area contributed by atoms with Gasteiger partial charge < -0.3 is 110 Å². The number of guanidine groups is 3. The number of aliphatic imine (C=N–C) groups is 1. The molecule has 0 aromatic rings. The summed E-state index contributed by atoms with van der Waals surface area (Å²) in [5.41, 5.74) is 14.7. The van der Waals surface area contributed by atoms with E-state index in [0.717, 1.165) is 6.92 Å². The van der Waals surface area contributed by atoms with Crippen LogP contribution < -0.4 is 43.6 Å². The van der Waals surface area contributed by atoms with E-state index in [-0.39, 0.29) is 90.3 Å². The molecule has 0 aliphatic rings. The van der Waals surface area contributed by atoms with Gasteiger partial charge in [-0.3, -0.25) is 62.9 Å². The van der Waals surface area contributed by atoms with Gasteiger partial charge in [0.2, 0.25) is 5.96 Å². The monoisotopic (exact) mass is 1680 g/mol. The summed E-state index contributed by atoms with van der Waals surface area (Å²) in [5, 5.41) is 32.3. The first-order valence-electron chi connectivity index (χ1n) is 36.2. The van der Waals surface area contributed by atoms with Gasteiger partial charge >= 0.3 is 96.3 Å². The summed E-state index contributed by atoms with van der Waals surface area (Å²) in [6.45, 7) is 19.0. The van der Waals surface area contributed by atoms with Crippen molar-refractivity contribution in [1.82, 2.24) is 10.6 Å². The predicted molar refractivity (Wildman–Crippen MR) is 396 cm³/mol. The lowest BCUT2D eigenvalue weighted by molar-refractivity contribution is -0.460. The third-order valence-electron chi connectivity index (χ3n) is 13.6. The van der Waals surface area contributed by atoms with E-state index in [2.05, 4.69) is 25.6 Å². The highest BCUT2D eigenvalue weighted by atomic mass is 16.7. The Morgan fingerprint density at radius 3 is 0.845 bits per heavy atom. The lowest BCUT2D eigenvalue weighted by Gasteiger charge is -2.27. The summed E-state index contributed by atoms with van der Waals surface area (Å²) in [6.07, 6.45) is -10.6. The molecule has 0 radical (unpaired) electrons. The summed E-state index contributed by atoms with van der Waals surface area (Å²) in [6, 6.07) is 0. The molecule has 2 amide bonds. The molecule has 0 saturated carbocycles. The molecule has 0 bridgehead atoms. The van der Waals surface area contributed by atoms with E-state index in [4.69, 9.17) is 118 Å². The Kier molecular flexibility index (Phi) is 56.0. The number of nitrogens with one attached hydrogen (secondary N) is 4. The molecule has 668 valence electrons. The number of ether oxygens (including phenoxy) is 20. The number of carbonyl (C=O) groups excluding carboxylic acids is 14. The van der Waals surface area contributed by atoms with Gasteiger partial charge in [-0.05, 0) is 142 Å². The lowest BCUT2D eigenvalue weighted by Crippen LogP contribution is -2.78. The smallest absolute Gasteiger partial charge is 0.465 e.